The molecule has 11 aromatic rings. The van der Waals surface area contributed by atoms with Crippen LogP contribution in [0.5, 0.6) is 0 Å². The molecule has 254 valence electrons. The van der Waals surface area contributed by atoms with Crippen molar-refractivity contribution in [1.29, 1.82) is 0 Å². The fourth-order valence-electron chi connectivity index (χ4n) is 7.79. The molecule has 0 fully saturated rings. The SMILES string of the molecule is c1ccc(-c2ccc(N(c3ccc(-c4cc5oc(-c6ccccc6)nc5c5c4sc4ccccc45)cc3)c3cccc4sc5ccccc5c34)cc2)cc1. The average molecular weight is 727 g/mol. The molecule has 0 aliphatic rings. The van der Waals surface area contributed by atoms with Crippen molar-refractivity contribution in [2.45, 2.75) is 0 Å². The summed E-state index contributed by atoms with van der Waals surface area (Å²) in [7, 11) is 0. The van der Waals surface area contributed by atoms with Crippen molar-refractivity contribution in [2.75, 3.05) is 4.90 Å². The minimum Gasteiger partial charge on any atom is -0.436 e. The smallest absolute Gasteiger partial charge is 0.227 e. The van der Waals surface area contributed by atoms with Gasteiger partial charge in [0.1, 0.15) is 5.52 Å². The second-order valence-corrected chi connectivity index (χ2v) is 15.6. The van der Waals surface area contributed by atoms with Gasteiger partial charge < -0.3 is 9.32 Å². The van der Waals surface area contributed by atoms with Crippen LogP contribution in [0, 0.1) is 0 Å². The molecule has 0 amide bonds. The zero-order chi connectivity index (χ0) is 35.6. The molecule has 0 aliphatic heterocycles. The molecule has 0 radical (unpaired) electrons. The predicted octanol–water partition coefficient (Wildman–Crippen LogP) is 15.0. The molecular weight excluding hydrogens is 697 g/mol. The van der Waals surface area contributed by atoms with Gasteiger partial charge in [-0.15, -0.1) is 22.7 Å². The Balaban J connectivity index is 1.09. The number of thiophene rings is 2. The molecule has 0 saturated heterocycles. The largest absolute Gasteiger partial charge is 0.436 e. The van der Waals surface area contributed by atoms with Crippen molar-refractivity contribution < 1.29 is 4.42 Å². The van der Waals surface area contributed by atoms with Crippen molar-refractivity contribution in [3.05, 3.63) is 182 Å². The molecular formula is C49H30N2OS2. The second-order valence-electron chi connectivity index (χ2n) is 13.5. The molecule has 3 nitrogen and oxygen atoms in total. The van der Waals surface area contributed by atoms with Gasteiger partial charge in [0.25, 0.3) is 0 Å². The Kier molecular flexibility index (Phi) is 7.22. The first-order valence-electron chi connectivity index (χ1n) is 18.0. The Morgan fingerprint density at radius 3 is 1.70 bits per heavy atom. The molecule has 8 aromatic carbocycles. The molecule has 0 N–H and O–H groups in total. The van der Waals surface area contributed by atoms with Crippen LogP contribution in [0.15, 0.2) is 186 Å². The van der Waals surface area contributed by atoms with Crippen molar-refractivity contribution in [3.8, 4) is 33.7 Å². The van der Waals surface area contributed by atoms with E-state index in [0.29, 0.717) is 5.89 Å². The lowest BCUT2D eigenvalue weighted by Gasteiger charge is -2.27. The highest BCUT2D eigenvalue weighted by Gasteiger charge is 2.22. The molecule has 5 heteroatoms. The van der Waals surface area contributed by atoms with Crippen LogP contribution in [-0.4, -0.2) is 4.98 Å². The number of anilines is 3. The Morgan fingerprint density at radius 1 is 0.444 bits per heavy atom. The zero-order valence-corrected chi connectivity index (χ0v) is 30.6. The predicted molar refractivity (Wildman–Crippen MR) is 231 cm³/mol. The molecule has 3 aromatic heterocycles. The first-order chi connectivity index (χ1) is 26.8. The third kappa shape index (κ3) is 5.05. The van der Waals surface area contributed by atoms with Crippen LogP contribution in [0.1, 0.15) is 0 Å². The molecule has 0 unspecified atom stereocenters. The standard InChI is InChI=1S/C49H30N2OS2/c1-3-12-31(13-4-1)32-22-26-35(27-23-32)51(40-18-11-21-44-45(40)37-16-7-9-19-42(37)53-44)36-28-24-33(25-29-36)39-30-41-47(50-49(52-41)34-14-5-2-6-15-34)46-38-17-8-10-20-43(38)54-48(39)46/h1-30H. The summed E-state index contributed by atoms with van der Waals surface area (Å²) in [6.45, 7) is 0. The highest BCUT2D eigenvalue weighted by Crippen LogP contribution is 2.47. The summed E-state index contributed by atoms with van der Waals surface area (Å²) in [6.07, 6.45) is 0. The van der Waals surface area contributed by atoms with Crippen LogP contribution in [0.4, 0.5) is 17.1 Å². The van der Waals surface area contributed by atoms with Gasteiger partial charge in [-0.25, -0.2) is 4.98 Å². The highest BCUT2D eigenvalue weighted by atomic mass is 32.1. The number of benzene rings is 8. The summed E-state index contributed by atoms with van der Waals surface area (Å²) in [6, 6.07) is 64.9. The zero-order valence-electron chi connectivity index (χ0n) is 28.9. The fourth-order valence-corrected chi connectivity index (χ4v) is 10.2. The molecule has 0 spiro atoms. The van der Waals surface area contributed by atoms with E-state index in [4.69, 9.17) is 9.40 Å². The Labute approximate surface area is 319 Å². The van der Waals surface area contributed by atoms with E-state index in [1.165, 1.54) is 46.1 Å². The van der Waals surface area contributed by atoms with Crippen molar-refractivity contribution in [3.63, 3.8) is 0 Å². The topological polar surface area (TPSA) is 29.3 Å². The van der Waals surface area contributed by atoms with Crippen LogP contribution in [-0.2, 0) is 0 Å². The maximum absolute atomic E-state index is 6.52. The summed E-state index contributed by atoms with van der Waals surface area (Å²) < 4.78 is 11.5. The lowest BCUT2D eigenvalue weighted by atomic mass is 10.0. The lowest BCUT2D eigenvalue weighted by Crippen LogP contribution is -2.10. The molecule has 3 heterocycles. The maximum Gasteiger partial charge on any atom is 0.227 e. The third-order valence-electron chi connectivity index (χ3n) is 10.3. The van der Waals surface area contributed by atoms with Crippen molar-refractivity contribution >= 4 is 91.2 Å². The van der Waals surface area contributed by atoms with Gasteiger partial charge in [-0.1, -0.05) is 115 Å². The van der Waals surface area contributed by atoms with Crippen LogP contribution < -0.4 is 4.90 Å². The van der Waals surface area contributed by atoms with Gasteiger partial charge in [-0.2, -0.15) is 0 Å². The summed E-state index contributed by atoms with van der Waals surface area (Å²) >= 11 is 3.67. The van der Waals surface area contributed by atoms with Crippen molar-refractivity contribution in [1.82, 2.24) is 4.98 Å². The number of hydrogen-bond acceptors (Lipinski definition) is 5. The quantitative estimate of drug-likeness (QED) is 0.171. The lowest BCUT2D eigenvalue weighted by molar-refractivity contribution is 0.620. The van der Waals surface area contributed by atoms with E-state index in [-0.39, 0.29) is 0 Å². The first kappa shape index (κ1) is 31.0. The Morgan fingerprint density at radius 2 is 1.00 bits per heavy atom. The van der Waals surface area contributed by atoms with E-state index in [1.807, 2.05) is 53.0 Å². The second kappa shape index (κ2) is 12.6. The number of aromatic nitrogens is 1. The first-order valence-corrected chi connectivity index (χ1v) is 19.7. The van der Waals surface area contributed by atoms with Gasteiger partial charge in [0.05, 0.1) is 5.69 Å². The van der Waals surface area contributed by atoms with Crippen molar-refractivity contribution in [2.24, 2.45) is 0 Å². The van der Waals surface area contributed by atoms with Gasteiger partial charge in [0, 0.05) is 62.8 Å². The van der Waals surface area contributed by atoms with Crippen LogP contribution in [0.3, 0.4) is 0 Å². The Bertz CT molecular complexity index is 3140. The minimum absolute atomic E-state index is 0.638. The van der Waals surface area contributed by atoms with Crippen LogP contribution in [0.25, 0.3) is 85.2 Å². The third-order valence-corrected chi connectivity index (χ3v) is 12.7. The van der Waals surface area contributed by atoms with E-state index in [9.17, 15) is 0 Å². The monoisotopic (exact) mass is 726 g/mol. The summed E-state index contributed by atoms with van der Waals surface area (Å²) in [4.78, 5) is 7.48. The van der Waals surface area contributed by atoms with Gasteiger partial charge in [0.2, 0.25) is 5.89 Å². The number of fused-ring (bicyclic) bond motifs is 8. The van der Waals surface area contributed by atoms with E-state index in [0.717, 1.165) is 50.2 Å². The van der Waals surface area contributed by atoms with Crippen LogP contribution >= 0.6 is 22.7 Å². The molecule has 0 saturated carbocycles. The number of rotatable bonds is 6. The van der Waals surface area contributed by atoms with Crippen LogP contribution in [0.2, 0.25) is 0 Å². The van der Waals surface area contributed by atoms with E-state index in [1.54, 1.807) is 0 Å². The maximum atomic E-state index is 6.52. The summed E-state index contributed by atoms with van der Waals surface area (Å²) in [5, 5.41) is 4.90. The molecule has 0 bridgehead atoms. The van der Waals surface area contributed by atoms with Gasteiger partial charge in [-0.05, 0) is 83.4 Å². The molecule has 0 atom stereocenters. The Hall–Kier alpha value is -6.53. The van der Waals surface area contributed by atoms with Gasteiger partial charge >= 0.3 is 0 Å². The summed E-state index contributed by atoms with van der Waals surface area (Å²) in [5.74, 6) is 0.638. The van der Waals surface area contributed by atoms with Gasteiger partial charge in [-0.3, -0.25) is 0 Å². The minimum atomic E-state index is 0.638. The molecule has 54 heavy (non-hydrogen) atoms. The van der Waals surface area contributed by atoms with E-state index in [2.05, 4.69) is 157 Å². The number of nitrogens with zero attached hydrogens (tertiary/aromatic N) is 2. The normalized spacial score (nSPS) is 11.7. The number of oxazole rings is 1. The summed E-state index contributed by atoms with van der Waals surface area (Å²) in [5.41, 5.74) is 10.7. The van der Waals surface area contributed by atoms with E-state index < -0.39 is 0 Å². The highest BCUT2D eigenvalue weighted by molar-refractivity contribution is 7.26. The molecule has 0 aliphatic carbocycles. The van der Waals surface area contributed by atoms with E-state index >= 15 is 0 Å². The van der Waals surface area contributed by atoms with Gasteiger partial charge in [0.15, 0.2) is 5.58 Å². The molecule has 11 rings (SSSR count). The fraction of sp³-hybridized carbons (Fsp3) is 0. The number of hydrogen-bond donors (Lipinski definition) is 0. The average Bonchev–Trinajstić information content (AvgIpc) is 3.96.